The summed E-state index contributed by atoms with van der Waals surface area (Å²) >= 11 is 3.23. The van der Waals surface area contributed by atoms with E-state index >= 15 is 0 Å². The number of hydrogen-bond acceptors (Lipinski definition) is 2. The van der Waals surface area contributed by atoms with E-state index in [9.17, 15) is 9.59 Å². The summed E-state index contributed by atoms with van der Waals surface area (Å²) in [5.41, 5.74) is 0.642. The van der Waals surface area contributed by atoms with E-state index in [1.165, 1.54) is 12.1 Å². The van der Waals surface area contributed by atoms with Crippen LogP contribution in [0.1, 0.15) is 23.2 Å². The Morgan fingerprint density at radius 3 is 2.50 bits per heavy atom. The van der Waals surface area contributed by atoms with Crippen LogP contribution in [0.5, 0.6) is 0 Å². The summed E-state index contributed by atoms with van der Waals surface area (Å²) in [7, 11) is 0. The smallest absolute Gasteiger partial charge is 0.335 e. The number of benzene rings is 1. The zero-order chi connectivity index (χ0) is 13.1. The molecule has 2 rings (SSSR count). The van der Waals surface area contributed by atoms with Crippen LogP contribution >= 0.6 is 15.9 Å². The minimum absolute atomic E-state index is 0.0442. The first-order chi connectivity index (χ1) is 8.56. The number of carbonyl (C=O) groups is 2. The highest BCUT2D eigenvalue weighted by Crippen LogP contribution is 2.23. The zero-order valence-corrected chi connectivity index (χ0v) is 11.1. The van der Waals surface area contributed by atoms with Gasteiger partial charge in [0.2, 0.25) is 5.91 Å². The fourth-order valence-corrected chi connectivity index (χ4v) is 2.35. The summed E-state index contributed by atoms with van der Waals surface area (Å²) in [6.45, 7) is 0. The van der Waals surface area contributed by atoms with Crippen LogP contribution in [0.25, 0.3) is 0 Å². The maximum absolute atomic E-state index is 11.9. The summed E-state index contributed by atoms with van der Waals surface area (Å²) < 4.78 is 0.627. The van der Waals surface area contributed by atoms with E-state index < -0.39 is 5.97 Å². The molecule has 2 N–H and O–H groups in total. The molecule has 1 aromatic carbocycles. The number of hydrogen-bond donors (Lipinski definition) is 2. The van der Waals surface area contributed by atoms with Gasteiger partial charge in [0.15, 0.2) is 0 Å². The van der Waals surface area contributed by atoms with Crippen molar-refractivity contribution in [2.75, 3.05) is 5.32 Å². The van der Waals surface area contributed by atoms with Crippen molar-refractivity contribution in [3.63, 3.8) is 0 Å². The molecule has 0 unspecified atom stereocenters. The number of rotatable bonds is 3. The van der Waals surface area contributed by atoms with Crippen LogP contribution in [-0.2, 0) is 4.79 Å². The van der Waals surface area contributed by atoms with Gasteiger partial charge in [0.1, 0.15) is 0 Å². The van der Waals surface area contributed by atoms with Gasteiger partial charge in [-0.3, -0.25) is 4.79 Å². The number of nitrogens with one attached hydrogen (secondary N) is 1. The van der Waals surface area contributed by atoms with E-state index in [4.69, 9.17) is 5.11 Å². The summed E-state index contributed by atoms with van der Waals surface area (Å²) in [6, 6.07) is 4.63. The van der Waals surface area contributed by atoms with Crippen LogP contribution in [0, 0.1) is 5.92 Å². The average Bonchev–Trinajstić information content (AvgIpc) is 2.81. The lowest BCUT2D eigenvalue weighted by Gasteiger charge is -2.11. The van der Waals surface area contributed by atoms with E-state index in [0.717, 1.165) is 12.8 Å². The molecule has 0 bridgehead atoms. The number of carboxylic acids is 1. The quantitative estimate of drug-likeness (QED) is 0.843. The van der Waals surface area contributed by atoms with Gasteiger partial charge in [-0.2, -0.15) is 0 Å². The number of aromatic carboxylic acids is 1. The topological polar surface area (TPSA) is 66.4 Å². The lowest BCUT2D eigenvalue weighted by molar-refractivity contribution is -0.119. The molecule has 4 nitrogen and oxygen atoms in total. The number of allylic oxidation sites excluding steroid dienone is 2. The molecule has 0 saturated heterocycles. The molecular formula is C13H12BrNO3. The van der Waals surface area contributed by atoms with E-state index in [0.29, 0.717) is 10.2 Å². The molecule has 5 heteroatoms. The van der Waals surface area contributed by atoms with Crippen LogP contribution in [0.4, 0.5) is 5.69 Å². The van der Waals surface area contributed by atoms with Gasteiger partial charge in [-0.15, -0.1) is 0 Å². The van der Waals surface area contributed by atoms with Crippen molar-refractivity contribution in [1.29, 1.82) is 0 Å². The van der Waals surface area contributed by atoms with Gasteiger partial charge in [0.05, 0.1) is 5.56 Å². The highest BCUT2D eigenvalue weighted by atomic mass is 79.9. The predicted octanol–water partition coefficient (Wildman–Crippen LogP) is 3.05. The van der Waals surface area contributed by atoms with E-state index in [1.54, 1.807) is 6.07 Å². The summed E-state index contributed by atoms with van der Waals surface area (Å²) in [5.74, 6) is -1.14. The molecule has 0 aliphatic heterocycles. The van der Waals surface area contributed by atoms with Crippen molar-refractivity contribution >= 4 is 33.5 Å². The molecule has 0 spiro atoms. The minimum atomic E-state index is -1.02. The molecule has 0 atom stereocenters. The molecule has 0 radical (unpaired) electrons. The van der Waals surface area contributed by atoms with Gasteiger partial charge in [-0.05, 0) is 31.0 Å². The fourth-order valence-electron chi connectivity index (χ4n) is 1.86. The van der Waals surface area contributed by atoms with E-state index in [1.807, 2.05) is 12.2 Å². The normalized spacial score (nSPS) is 14.7. The minimum Gasteiger partial charge on any atom is -0.478 e. The van der Waals surface area contributed by atoms with Crippen molar-refractivity contribution in [2.45, 2.75) is 12.8 Å². The van der Waals surface area contributed by atoms with Crippen LogP contribution in [0.3, 0.4) is 0 Å². The Hall–Kier alpha value is -1.62. The number of carbonyl (C=O) groups excluding carboxylic acids is 1. The number of amides is 1. The first-order valence-electron chi connectivity index (χ1n) is 5.56. The Labute approximate surface area is 113 Å². The van der Waals surface area contributed by atoms with Gasteiger partial charge in [0.25, 0.3) is 0 Å². The average molecular weight is 310 g/mol. The Balaban J connectivity index is 2.13. The highest BCUT2D eigenvalue weighted by Gasteiger charge is 2.19. The summed E-state index contributed by atoms with van der Waals surface area (Å²) in [6.07, 6.45) is 5.44. The monoisotopic (exact) mass is 309 g/mol. The molecule has 18 heavy (non-hydrogen) atoms. The van der Waals surface area contributed by atoms with Gasteiger partial charge < -0.3 is 10.4 Å². The molecule has 0 fully saturated rings. The van der Waals surface area contributed by atoms with Crippen molar-refractivity contribution in [1.82, 2.24) is 0 Å². The summed E-state index contributed by atoms with van der Waals surface area (Å²) in [5, 5.41) is 11.7. The molecule has 94 valence electrons. The molecule has 1 aliphatic rings. The zero-order valence-electron chi connectivity index (χ0n) is 9.52. The third-order valence-corrected chi connectivity index (χ3v) is 3.25. The van der Waals surface area contributed by atoms with Crippen LogP contribution in [-0.4, -0.2) is 17.0 Å². The number of carboxylic acid groups (broad SMARTS) is 1. The van der Waals surface area contributed by atoms with Crippen molar-refractivity contribution < 1.29 is 14.7 Å². The lowest BCUT2D eigenvalue weighted by Crippen LogP contribution is -2.20. The van der Waals surface area contributed by atoms with E-state index in [-0.39, 0.29) is 17.4 Å². The third-order valence-electron chi connectivity index (χ3n) is 2.79. The maximum atomic E-state index is 11.9. The predicted molar refractivity (Wildman–Crippen MR) is 71.6 cm³/mol. The summed E-state index contributed by atoms with van der Waals surface area (Å²) in [4.78, 5) is 22.8. The first-order valence-corrected chi connectivity index (χ1v) is 6.35. The largest absolute Gasteiger partial charge is 0.478 e. The standard InChI is InChI=1S/C13H12BrNO3/c14-10-5-9(13(17)18)6-11(7-10)15-12(16)8-3-1-2-4-8/h1-2,5-8H,3-4H2,(H,15,16)(H,17,18). The molecule has 1 aliphatic carbocycles. The Morgan fingerprint density at radius 1 is 1.22 bits per heavy atom. The molecule has 0 saturated carbocycles. The van der Waals surface area contributed by atoms with Gasteiger partial charge in [-0.1, -0.05) is 28.1 Å². The van der Waals surface area contributed by atoms with Crippen molar-refractivity contribution in [2.24, 2.45) is 5.92 Å². The van der Waals surface area contributed by atoms with Gasteiger partial charge in [-0.25, -0.2) is 4.79 Å². The molecule has 0 aromatic heterocycles. The lowest BCUT2D eigenvalue weighted by atomic mass is 10.1. The second kappa shape index (κ2) is 5.35. The number of anilines is 1. The van der Waals surface area contributed by atoms with E-state index in [2.05, 4.69) is 21.2 Å². The van der Waals surface area contributed by atoms with Gasteiger partial charge in [0, 0.05) is 16.1 Å². The highest BCUT2D eigenvalue weighted by molar-refractivity contribution is 9.10. The van der Waals surface area contributed by atoms with Crippen molar-refractivity contribution in [3.05, 3.63) is 40.4 Å². The van der Waals surface area contributed by atoms with Crippen molar-refractivity contribution in [3.8, 4) is 0 Å². The third kappa shape index (κ3) is 2.98. The molecule has 0 heterocycles. The fraction of sp³-hybridized carbons (Fsp3) is 0.231. The second-order valence-electron chi connectivity index (χ2n) is 4.16. The Kier molecular flexibility index (Phi) is 3.81. The Bertz CT molecular complexity index is 517. The molecular weight excluding hydrogens is 298 g/mol. The second-order valence-corrected chi connectivity index (χ2v) is 5.08. The Morgan fingerprint density at radius 2 is 1.89 bits per heavy atom. The van der Waals surface area contributed by atoms with Gasteiger partial charge >= 0.3 is 5.97 Å². The van der Waals surface area contributed by atoms with Crippen LogP contribution < -0.4 is 5.32 Å². The van der Waals surface area contributed by atoms with Crippen LogP contribution in [0.2, 0.25) is 0 Å². The van der Waals surface area contributed by atoms with Crippen LogP contribution in [0.15, 0.2) is 34.8 Å². The SMILES string of the molecule is O=C(O)c1cc(Br)cc(NC(=O)C2CC=CC2)c1. The maximum Gasteiger partial charge on any atom is 0.335 e. The number of halogens is 1. The first kappa shape index (κ1) is 12.8. The molecule has 1 aromatic rings. The molecule has 1 amide bonds.